The Labute approximate surface area is 196 Å². The van der Waals surface area contributed by atoms with E-state index < -0.39 is 24.0 Å². The third-order valence-electron chi connectivity index (χ3n) is 5.75. The van der Waals surface area contributed by atoms with E-state index in [1.54, 1.807) is 0 Å². The zero-order chi connectivity index (χ0) is 24.2. The molecule has 8 nitrogen and oxygen atoms in total. The predicted molar refractivity (Wildman–Crippen MR) is 126 cm³/mol. The Morgan fingerprint density at radius 3 is 2.18 bits per heavy atom. The van der Waals surface area contributed by atoms with Crippen molar-refractivity contribution in [3.8, 4) is 16.9 Å². The maximum atomic E-state index is 12.5. The molecular formula is C26H24N2O6. The lowest BCUT2D eigenvalue weighted by Crippen LogP contribution is -2.38. The molecule has 0 fully saturated rings. The van der Waals surface area contributed by atoms with Gasteiger partial charge in [0.05, 0.1) is 12.7 Å². The van der Waals surface area contributed by atoms with Gasteiger partial charge in [-0.2, -0.15) is 0 Å². The largest absolute Gasteiger partial charge is 0.496 e. The molecule has 0 unspecified atom stereocenters. The lowest BCUT2D eigenvalue weighted by atomic mass is 9.98. The van der Waals surface area contributed by atoms with Gasteiger partial charge >= 0.3 is 12.1 Å². The van der Waals surface area contributed by atoms with Gasteiger partial charge in [0.25, 0.3) is 5.91 Å². The summed E-state index contributed by atoms with van der Waals surface area (Å²) in [6, 6.07) is 19.5. The van der Waals surface area contributed by atoms with Crippen molar-refractivity contribution in [1.82, 2.24) is 5.32 Å². The minimum Gasteiger partial charge on any atom is -0.496 e. The Bertz CT molecular complexity index is 1210. The fourth-order valence-corrected chi connectivity index (χ4v) is 4.05. The van der Waals surface area contributed by atoms with E-state index >= 15 is 0 Å². The number of rotatable bonds is 7. The lowest BCUT2D eigenvalue weighted by Gasteiger charge is -2.16. The van der Waals surface area contributed by atoms with Crippen molar-refractivity contribution < 1.29 is 29.0 Å². The number of carbonyl (C=O) groups excluding carboxylic acids is 2. The first-order chi connectivity index (χ1) is 16.4. The average Bonchev–Trinajstić information content (AvgIpc) is 3.16. The SMILES string of the molecule is COc1cc(NC(=O)OCC2c3ccccc3-c3ccccc32)ccc1C(=O)N[C@H](C)C(=O)O. The Morgan fingerprint density at radius 2 is 1.59 bits per heavy atom. The lowest BCUT2D eigenvalue weighted by molar-refractivity contribution is -0.138. The summed E-state index contributed by atoms with van der Waals surface area (Å²) in [4.78, 5) is 35.9. The molecule has 0 bridgehead atoms. The number of aliphatic carboxylic acids is 1. The van der Waals surface area contributed by atoms with Crippen LogP contribution >= 0.6 is 0 Å². The molecule has 1 aliphatic carbocycles. The van der Waals surface area contributed by atoms with Gasteiger partial charge in [-0.25, -0.2) is 4.79 Å². The van der Waals surface area contributed by atoms with Crippen molar-refractivity contribution in [3.63, 3.8) is 0 Å². The number of nitrogens with one attached hydrogen (secondary N) is 2. The Hall–Kier alpha value is -4.33. The van der Waals surface area contributed by atoms with Crippen LogP contribution in [0.1, 0.15) is 34.3 Å². The van der Waals surface area contributed by atoms with E-state index in [0.29, 0.717) is 5.69 Å². The van der Waals surface area contributed by atoms with Crippen LogP contribution in [0.3, 0.4) is 0 Å². The molecule has 8 heteroatoms. The number of anilines is 1. The molecular weight excluding hydrogens is 436 g/mol. The van der Waals surface area contributed by atoms with Crippen molar-refractivity contribution in [2.24, 2.45) is 0 Å². The van der Waals surface area contributed by atoms with Crippen LogP contribution in [0.4, 0.5) is 10.5 Å². The number of fused-ring (bicyclic) bond motifs is 3. The smallest absolute Gasteiger partial charge is 0.411 e. The van der Waals surface area contributed by atoms with Gasteiger partial charge in [0, 0.05) is 17.7 Å². The van der Waals surface area contributed by atoms with Crippen molar-refractivity contribution in [1.29, 1.82) is 0 Å². The Kier molecular flexibility index (Phi) is 6.49. The van der Waals surface area contributed by atoms with Gasteiger partial charge < -0.3 is 19.9 Å². The molecule has 4 rings (SSSR count). The molecule has 0 aliphatic heterocycles. The Morgan fingerprint density at radius 1 is 0.971 bits per heavy atom. The van der Waals surface area contributed by atoms with Crippen LogP contribution in [0.25, 0.3) is 11.1 Å². The summed E-state index contributed by atoms with van der Waals surface area (Å²) in [6.45, 7) is 1.53. The van der Waals surface area contributed by atoms with Gasteiger partial charge in [-0.1, -0.05) is 48.5 Å². The highest BCUT2D eigenvalue weighted by molar-refractivity contribution is 5.99. The van der Waals surface area contributed by atoms with Crippen LogP contribution in [-0.2, 0) is 9.53 Å². The molecule has 0 spiro atoms. The van der Waals surface area contributed by atoms with Gasteiger partial charge in [0.2, 0.25) is 0 Å². The summed E-state index contributed by atoms with van der Waals surface area (Å²) in [7, 11) is 1.38. The van der Waals surface area contributed by atoms with Crippen LogP contribution < -0.4 is 15.4 Å². The van der Waals surface area contributed by atoms with E-state index in [1.807, 2.05) is 36.4 Å². The highest BCUT2D eigenvalue weighted by atomic mass is 16.5. The molecule has 3 N–H and O–H groups in total. The topological polar surface area (TPSA) is 114 Å². The molecule has 0 saturated carbocycles. The maximum absolute atomic E-state index is 12.5. The molecule has 174 valence electrons. The van der Waals surface area contributed by atoms with Gasteiger partial charge in [0.15, 0.2) is 0 Å². The molecule has 1 aliphatic rings. The van der Waals surface area contributed by atoms with Crippen molar-refractivity contribution in [2.75, 3.05) is 19.0 Å². The van der Waals surface area contributed by atoms with Crippen LogP contribution in [0, 0.1) is 0 Å². The highest BCUT2D eigenvalue weighted by Crippen LogP contribution is 2.44. The highest BCUT2D eigenvalue weighted by Gasteiger charge is 2.29. The first-order valence-electron chi connectivity index (χ1n) is 10.7. The van der Waals surface area contributed by atoms with E-state index in [2.05, 4.69) is 22.8 Å². The van der Waals surface area contributed by atoms with E-state index in [1.165, 1.54) is 32.2 Å². The van der Waals surface area contributed by atoms with Crippen LogP contribution in [-0.4, -0.2) is 42.8 Å². The molecule has 0 saturated heterocycles. The molecule has 3 aromatic rings. The first-order valence-corrected chi connectivity index (χ1v) is 10.7. The second kappa shape index (κ2) is 9.66. The summed E-state index contributed by atoms with van der Waals surface area (Å²) in [5.41, 5.74) is 5.03. The van der Waals surface area contributed by atoms with Crippen molar-refractivity contribution >= 4 is 23.7 Å². The molecule has 0 heterocycles. The first kappa shape index (κ1) is 22.8. The number of methoxy groups -OCH3 is 1. The number of benzene rings is 3. The quantitative estimate of drug-likeness (QED) is 0.486. The number of carboxylic acid groups (broad SMARTS) is 1. The minimum absolute atomic E-state index is 0.0602. The Balaban J connectivity index is 1.43. The summed E-state index contributed by atoms with van der Waals surface area (Å²) >= 11 is 0. The summed E-state index contributed by atoms with van der Waals surface area (Å²) in [6.07, 6.45) is -0.638. The zero-order valence-corrected chi connectivity index (χ0v) is 18.7. The normalized spacial score (nSPS) is 12.8. The van der Waals surface area contributed by atoms with E-state index in [4.69, 9.17) is 14.6 Å². The second-order valence-electron chi connectivity index (χ2n) is 7.90. The summed E-state index contributed by atoms with van der Waals surface area (Å²) < 4.78 is 10.8. The molecule has 1 atom stereocenters. The van der Waals surface area contributed by atoms with Crippen LogP contribution in [0.5, 0.6) is 5.75 Å². The number of hydrogen-bond acceptors (Lipinski definition) is 5. The average molecular weight is 460 g/mol. The number of carboxylic acids is 1. The molecule has 2 amide bonds. The number of carbonyl (C=O) groups is 3. The number of amides is 2. The van der Waals surface area contributed by atoms with E-state index in [9.17, 15) is 14.4 Å². The standard InChI is InChI=1S/C26H24N2O6/c1-15(25(30)31)27-24(29)21-12-11-16(13-23(21)33-2)28-26(32)34-14-22-19-9-5-3-7-17(19)18-8-4-6-10-20(18)22/h3-13,15,22H,14H2,1-2H3,(H,27,29)(H,28,32)(H,30,31)/t15-/m1/s1. The number of hydrogen-bond donors (Lipinski definition) is 3. The van der Waals surface area contributed by atoms with Gasteiger partial charge in [-0.3, -0.25) is 14.9 Å². The monoisotopic (exact) mass is 460 g/mol. The van der Waals surface area contributed by atoms with Crippen LogP contribution in [0.2, 0.25) is 0 Å². The molecule has 34 heavy (non-hydrogen) atoms. The second-order valence-corrected chi connectivity index (χ2v) is 7.90. The maximum Gasteiger partial charge on any atom is 0.411 e. The summed E-state index contributed by atoms with van der Waals surface area (Å²) in [5, 5.41) is 14.0. The predicted octanol–water partition coefficient (Wildman–Crippen LogP) is 4.26. The van der Waals surface area contributed by atoms with Gasteiger partial charge in [-0.15, -0.1) is 0 Å². The molecule has 0 aromatic heterocycles. The number of ether oxygens (including phenoxy) is 2. The van der Waals surface area contributed by atoms with Gasteiger partial charge in [-0.05, 0) is 41.3 Å². The molecule has 3 aromatic carbocycles. The fraction of sp³-hybridized carbons (Fsp3) is 0.192. The summed E-state index contributed by atoms with van der Waals surface area (Å²) in [5.74, 6) is -1.62. The third kappa shape index (κ3) is 4.56. The van der Waals surface area contributed by atoms with Crippen LogP contribution in [0.15, 0.2) is 66.7 Å². The van der Waals surface area contributed by atoms with Crippen molar-refractivity contribution in [3.05, 3.63) is 83.4 Å². The van der Waals surface area contributed by atoms with E-state index in [-0.39, 0.29) is 23.8 Å². The van der Waals surface area contributed by atoms with E-state index in [0.717, 1.165) is 22.3 Å². The zero-order valence-electron chi connectivity index (χ0n) is 18.7. The van der Waals surface area contributed by atoms with Gasteiger partial charge in [0.1, 0.15) is 18.4 Å². The fourth-order valence-electron chi connectivity index (χ4n) is 4.05. The third-order valence-corrected chi connectivity index (χ3v) is 5.75. The van der Waals surface area contributed by atoms with Crippen molar-refractivity contribution in [2.45, 2.75) is 18.9 Å². The molecule has 0 radical (unpaired) electrons. The minimum atomic E-state index is -1.15.